The summed E-state index contributed by atoms with van der Waals surface area (Å²) < 4.78 is 0. The maximum Gasteiger partial charge on any atom is 0.0481 e. The van der Waals surface area contributed by atoms with Crippen molar-refractivity contribution in [3.8, 4) is 58.5 Å². The summed E-state index contributed by atoms with van der Waals surface area (Å²) in [4.78, 5) is 24.9. The van der Waals surface area contributed by atoms with E-state index in [1.165, 1.54) is 523 Å². The first kappa shape index (κ1) is 117. The highest BCUT2D eigenvalue weighted by Gasteiger charge is 2.25. The largest absolute Gasteiger partial charge is 0.139 e. The molecule has 0 saturated carbocycles. The van der Waals surface area contributed by atoms with Gasteiger partial charge in [0.15, 0.2) is 0 Å². The molecule has 0 aromatic carbocycles. The Kier molecular flexibility index (Phi) is 67.4. The highest BCUT2D eigenvalue weighted by molar-refractivity contribution is 7.30. The van der Waals surface area contributed by atoms with Gasteiger partial charge in [-0.15, -0.1) is 90.7 Å². The third kappa shape index (κ3) is 48.4. The van der Waals surface area contributed by atoms with E-state index >= 15 is 0 Å². The first-order chi connectivity index (χ1) is 65.0. The Balaban J connectivity index is 0.000000363. The van der Waals surface area contributed by atoms with Gasteiger partial charge in [-0.05, 0) is 223 Å². The first-order valence-corrected chi connectivity index (χ1v) is 64.4. The van der Waals surface area contributed by atoms with Crippen molar-refractivity contribution >= 4 is 90.7 Å². The van der Waals surface area contributed by atoms with Gasteiger partial charge in [0.1, 0.15) is 0 Å². The molecule has 0 unspecified atom stereocenters. The van der Waals surface area contributed by atoms with Crippen LogP contribution < -0.4 is 0 Å². The molecule has 0 saturated heterocycles. The zero-order valence-corrected chi connectivity index (χ0v) is 95.0. The highest BCUT2D eigenvalue weighted by Crippen LogP contribution is 2.52. The lowest BCUT2D eigenvalue weighted by Gasteiger charge is -2.04. The van der Waals surface area contributed by atoms with Gasteiger partial charge < -0.3 is 0 Å². The van der Waals surface area contributed by atoms with Crippen molar-refractivity contribution in [2.75, 3.05) is 0 Å². The maximum absolute atomic E-state index is 2.70. The molecule has 132 heavy (non-hydrogen) atoms. The normalized spacial score (nSPS) is 11.8. The van der Waals surface area contributed by atoms with Crippen LogP contribution in [0.5, 0.6) is 0 Å². The van der Waals surface area contributed by atoms with Crippen LogP contribution in [0, 0.1) is 27.7 Å². The van der Waals surface area contributed by atoms with Crippen LogP contribution in [0.15, 0.2) is 48.5 Å². The van der Waals surface area contributed by atoms with E-state index in [1.807, 2.05) is 0 Å². The van der Waals surface area contributed by atoms with E-state index in [4.69, 9.17) is 0 Å². The van der Waals surface area contributed by atoms with Crippen LogP contribution in [0.4, 0.5) is 0 Å². The van der Waals surface area contributed by atoms with Gasteiger partial charge in [0, 0.05) is 78.0 Å². The molecule has 0 N–H and O–H groups in total. The summed E-state index contributed by atoms with van der Waals surface area (Å²) in [7, 11) is 0. The Hall–Kier alpha value is -2.40. The van der Waals surface area contributed by atoms with Crippen LogP contribution >= 0.6 is 90.7 Å². The minimum absolute atomic E-state index is 1.22. The molecule has 8 aromatic rings. The third-order valence-corrected chi connectivity index (χ3v) is 39.0. The Bertz CT molecular complexity index is 4030. The Labute approximate surface area is 851 Å². The topological polar surface area (TPSA) is 0 Å². The van der Waals surface area contributed by atoms with Crippen molar-refractivity contribution in [2.24, 2.45) is 0 Å². The summed E-state index contributed by atoms with van der Waals surface area (Å²) in [5, 5.41) is 0. The lowest BCUT2D eigenvalue weighted by atomic mass is 10.0. The molecule has 0 spiro atoms. The van der Waals surface area contributed by atoms with Crippen molar-refractivity contribution in [3.63, 3.8) is 0 Å². The van der Waals surface area contributed by atoms with Crippen molar-refractivity contribution in [3.05, 3.63) is 113 Å². The van der Waals surface area contributed by atoms with E-state index in [2.05, 4.69) is 222 Å². The molecule has 0 amide bonds. The highest BCUT2D eigenvalue weighted by atomic mass is 32.1. The zero-order chi connectivity index (χ0) is 93.7. The molecule has 0 aliphatic heterocycles. The average molecular weight is 1950 g/mol. The van der Waals surface area contributed by atoms with Crippen LogP contribution in [0.25, 0.3) is 58.5 Å². The Morgan fingerprint density at radius 2 is 0.250 bits per heavy atom. The quantitative estimate of drug-likeness (QED) is 0.0333. The van der Waals surface area contributed by atoms with E-state index in [0.29, 0.717) is 0 Å². The van der Waals surface area contributed by atoms with Gasteiger partial charge in [0.05, 0.1) is 0 Å². The lowest BCUT2D eigenvalue weighted by Crippen LogP contribution is -1.88. The molecule has 0 bridgehead atoms. The molecular weight excluding hydrogens is 1750 g/mol. The molecule has 748 valence electrons. The minimum Gasteiger partial charge on any atom is -0.139 e. The third-order valence-electron chi connectivity index (χ3n) is 28.9. The van der Waals surface area contributed by atoms with Gasteiger partial charge in [-0.25, -0.2) is 0 Å². The molecule has 0 aliphatic carbocycles. The molecule has 0 fully saturated rings. The fourth-order valence-electron chi connectivity index (χ4n) is 20.4. The van der Waals surface area contributed by atoms with Crippen LogP contribution in [0.3, 0.4) is 0 Å². The zero-order valence-electron chi connectivity index (χ0n) is 88.5. The van der Waals surface area contributed by atoms with E-state index < -0.39 is 0 Å². The summed E-state index contributed by atoms with van der Waals surface area (Å²) in [5.74, 6) is 0. The maximum atomic E-state index is 2.70. The van der Waals surface area contributed by atoms with Gasteiger partial charge in [-0.3, -0.25) is 0 Å². The number of hydrogen-bond donors (Lipinski definition) is 0. The van der Waals surface area contributed by atoms with Crippen molar-refractivity contribution < 1.29 is 0 Å². The summed E-state index contributed by atoms with van der Waals surface area (Å²) in [6.07, 6.45) is 111. The standard InChI is InChI=1S/C66H110S4.C58H94S4/c1-7-11-15-19-23-27-31-35-39-43-47-57-52-61(68-56(57)6)65-59(49-45-41-37-33-29-25-21-17-13-9-3)54-63(70-65)66-60(50-46-42-38-34-30-26-22-18-14-10-4)53-62(69-66)64-58(51-55(5)67-64)48-44-40-36-32-28-24-20-16-12-8-2;1-7-11-15-19-23-27-31-35-39-49-44-53(60-48(49)6)57-51(41-37-33-29-25-21-17-13-9-3)46-55(62-57)58-52(42-38-34-30-26-22-18-14-10-4)45-54(61-58)56-50(43-47(5)59-56)40-36-32-28-24-20-16-12-8-2/h51-54H,7-50H2,1-6H3;43-46H,7-42H2,1-6H3. The molecule has 8 heterocycles. The molecule has 0 aliphatic rings. The first-order valence-electron chi connectivity index (χ1n) is 57.9. The number of rotatable bonds is 86. The number of thiophene rings is 8. The summed E-state index contributed by atoms with van der Waals surface area (Å²) in [5.41, 5.74) is 13.0. The van der Waals surface area contributed by atoms with Gasteiger partial charge >= 0.3 is 0 Å². The van der Waals surface area contributed by atoms with E-state index in [9.17, 15) is 0 Å². The van der Waals surface area contributed by atoms with Crippen molar-refractivity contribution in [1.82, 2.24) is 0 Å². The fourth-order valence-corrected chi connectivity index (χ4v) is 30.4. The molecular formula is C124H204S8. The summed E-state index contributed by atoms with van der Waals surface area (Å²) in [6.45, 7) is 28.1. The van der Waals surface area contributed by atoms with E-state index in [1.54, 1.807) is 113 Å². The Morgan fingerprint density at radius 1 is 0.129 bits per heavy atom. The number of aryl methyl sites for hydroxylation is 12. The van der Waals surface area contributed by atoms with Gasteiger partial charge in [0.2, 0.25) is 0 Å². The molecule has 0 atom stereocenters. The molecule has 8 heteroatoms. The van der Waals surface area contributed by atoms with Gasteiger partial charge in [-0.2, -0.15) is 0 Å². The molecule has 0 radical (unpaired) electrons. The number of hydrogen-bond acceptors (Lipinski definition) is 8. The lowest BCUT2D eigenvalue weighted by molar-refractivity contribution is 0.556. The van der Waals surface area contributed by atoms with Crippen LogP contribution in [-0.2, 0) is 51.4 Å². The predicted octanol–water partition coefficient (Wildman–Crippen LogP) is 47.7. The van der Waals surface area contributed by atoms with Gasteiger partial charge in [-0.1, -0.05) is 466 Å². The summed E-state index contributed by atoms with van der Waals surface area (Å²) >= 11 is 16.9. The smallest absolute Gasteiger partial charge is 0.0481 e. The minimum atomic E-state index is 1.22. The summed E-state index contributed by atoms with van der Waals surface area (Å²) in [6, 6.07) is 21.1. The predicted molar refractivity (Wildman–Crippen MR) is 615 cm³/mol. The second kappa shape index (κ2) is 76.4. The van der Waals surface area contributed by atoms with Crippen molar-refractivity contribution in [1.29, 1.82) is 0 Å². The van der Waals surface area contributed by atoms with Crippen LogP contribution in [0.2, 0.25) is 0 Å². The molecule has 8 aromatic heterocycles. The monoisotopic (exact) mass is 1950 g/mol. The SMILES string of the molecule is CCCCCCCCCCCCc1cc(-c2sc(-c3sc(-c4sc(C)cc4CCCCCCCCCCCC)cc3CCCCCCCCCCCC)cc2CCCCCCCCCCCC)sc1C.CCCCCCCCCCc1cc(-c2sc(-c3sc(-c4sc(C)cc4CCCCCCCCCC)cc3CCCCCCCCCC)cc2CCCCCCCCCC)sc1C. The van der Waals surface area contributed by atoms with Crippen molar-refractivity contribution in [2.45, 2.75) is 597 Å². The Morgan fingerprint density at radius 3 is 0.417 bits per heavy atom. The van der Waals surface area contributed by atoms with E-state index in [-0.39, 0.29) is 0 Å². The van der Waals surface area contributed by atoms with Crippen LogP contribution in [0.1, 0.15) is 582 Å². The van der Waals surface area contributed by atoms with Gasteiger partial charge in [0.25, 0.3) is 0 Å². The second-order valence-corrected chi connectivity index (χ2v) is 50.5. The molecule has 8 rings (SSSR count). The second-order valence-electron chi connectivity index (χ2n) is 41.3. The van der Waals surface area contributed by atoms with Crippen LogP contribution in [-0.4, -0.2) is 0 Å². The fraction of sp³-hybridized carbons (Fsp3) is 0.742. The number of unbranched alkanes of at least 4 members (excludes halogenated alkanes) is 64. The molecule has 0 nitrogen and oxygen atoms in total. The average Bonchev–Trinajstić information content (AvgIpc) is 1.63. The van der Waals surface area contributed by atoms with E-state index in [0.717, 1.165) is 0 Å².